The molecule has 0 saturated carbocycles. The van der Waals surface area contributed by atoms with Gasteiger partial charge in [0.15, 0.2) is 5.82 Å². The van der Waals surface area contributed by atoms with Crippen molar-refractivity contribution < 1.29 is 92.2 Å². The molecule has 0 N–H and O–H groups in total. The summed E-state index contributed by atoms with van der Waals surface area (Å²) in [5.41, 5.74) is -18.4. The zero-order valence-corrected chi connectivity index (χ0v) is 47.2. The van der Waals surface area contributed by atoms with Gasteiger partial charge in [-0.05, 0) is 137 Å². The van der Waals surface area contributed by atoms with E-state index in [-0.39, 0.29) is 107 Å². The Hall–Kier alpha value is -10.4. The summed E-state index contributed by atoms with van der Waals surface area (Å²) in [6.45, 7) is 2.85. The summed E-state index contributed by atoms with van der Waals surface area (Å²) < 4.78 is 310. The molecular weight excluding hydrogens is 1290 g/mol. The molecule has 0 unspecified atom stereocenters. The van der Waals surface area contributed by atoms with Gasteiger partial charge in [0.2, 0.25) is 0 Å². The van der Waals surface area contributed by atoms with Crippen LogP contribution in [0.15, 0.2) is 164 Å². The van der Waals surface area contributed by atoms with E-state index in [1.807, 2.05) is 6.07 Å². The van der Waals surface area contributed by atoms with E-state index in [1.54, 1.807) is 0 Å². The standard InChI is InChI=1S/C67H33F21N6/c1-31-90-32(2)92-60(91-31)49-29-59(94-56-23-35(43-19-12-39(62(71,72)73)27-52(43)66(83,84)85)9-16-47(56)48-17-10-36(24-57(48)94)44-20-13-40(63(74,75)76)28-53(44)67(86,87)88)58(25-37(49)30-89)93-54-21-33(41-5-3-4-6-50(41)64(77,78)79)7-14-45(54)46-15-8-34(22-55(46)93)42-18-11-38(61(68,69)70)26-51(42)65(80,81)82/h3-29H,1-2H3. The third kappa shape index (κ3) is 11.4. The number of benzene rings is 9. The molecule has 0 radical (unpaired) electrons. The number of hydrogen-bond acceptors (Lipinski definition) is 4. The second kappa shape index (κ2) is 21.9. The van der Waals surface area contributed by atoms with Crippen molar-refractivity contribution in [3.63, 3.8) is 0 Å². The molecule has 0 bridgehead atoms. The van der Waals surface area contributed by atoms with Crippen LogP contribution in [0.4, 0.5) is 92.2 Å². The Morgan fingerprint density at radius 3 is 0.926 bits per heavy atom. The molecule has 12 aromatic rings. The smallest absolute Gasteiger partial charge is 0.307 e. The topological polar surface area (TPSA) is 72.3 Å². The third-order valence-corrected chi connectivity index (χ3v) is 15.8. The molecule has 6 nitrogen and oxygen atoms in total. The highest BCUT2D eigenvalue weighted by Gasteiger charge is 2.42. The lowest BCUT2D eigenvalue weighted by molar-refractivity contribution is -0.144. The lowest BCUT2D eigenvalue weighted by Crippen LogP contribution is -2.12. The Labute approximate surface area is 514 Å². The second-order valence-corrected chi connectivity index (χ2v) is 21.7. The Kier molecular flexibility index (Phi) is 14.8. The van der Waals surface area contributed by atoms with Gasteiger partial charge in [-0.2, -0.15) is 97.5 Å². The third-order valence-electron chi connectivity index (χ3n) is 15.8. The fraction of sp³-hybridized carbons (Fsp3) is 0.134. The van der Waals surface area contributed by atoms with Crippen LogP contribution in [0, 0.1) is 25.2 Å². The zero-order chi connectivity index (χ0) is 67.9. The molecule has 27 heteroatoms. The summed E-state index contributed by atoms with van der Waals surface area (Å²) in [5.74, 6) is -0.186. The van der Waals surface area contributed by atoms with E-state index in [0.29, 0.717) is 36.4 Å². The van der Waals surface area contributed by atoms with Crippen molar-refractivity contribution >= 4 is 43.6 Å². The van der Waals surface area contributed by atoms with E-state index in [1.165, 1.54) is 71.5 Å². The summed E-state index contributed by atoms with van der Waals surface area (Å²) in [5, 5.41) is 11.3. The lowest BCUT2D eigenvalue weighted by atomic mass is 9.95. The van der Waals surface area contributed by atoms with Crippen molar-refractivity contribution in [1.82, 2.24) is 24.1 Å². The van der Waals surface area contributed by atoms with Gasteiger partial charge in [0.25, 0.3) is 0 Å². The summed E-state index contributed by atoms with van der Waals surface area (Å²) in [6, 6.07) is 24.7. The Balaban J connectivity index is 1.29. The molecule has 12 rings (SSSR count). The number of nitriles is 1. The molecule has 94 heavy (non-hydrogen) atoms. The number of rotatable bonds is 7. The number of nitrogens with zero attached hydrogens (tertiary/aromatic N) is 6. The van der Waals surface area contributed by atoms with Crippen molar-refractivity contribution in [3.8, 4) is 73.3 Å². The molecule has 0 atom stereocenters. The van der Waals surface area contributed by atoms with Gasteiger partial charge in [-0.25, -0.2) is 15.0 Å². The van der Waals surface area contributed by atoms with E-state index in [0.717, 1.165) is 60.7 Å². The molecule has 0 amide bonds. The Morgan fingerprint density at radius 2 is 0.617 bits per heavy atom. The van der Waals surface area contributed by atoms with Gasteiger partial charge in [-0.1, -0.05) is 84.9 Å². The van der Waals surface area contributed by atoms with Crippen LogP contribution in [0.2, 0.25) is 0 Å². The number of fused-ring (bicyclic) bond motifs is 6. The highest BCUT2D eigenvalue weighted by molar-refractivity contribution is 6.14. The summed E-state index contributed by atoms with van der Waals surface area (Å²) in [7, 11) is 0. The zero-order valence-electron chi connectivity index (χ0n) is 47.2. The van der Waals surface area contributed by atoms with E-state index in [2.05, 4.69) is 15.0 Å². The maximum atomic E-state index is 15.1. The molecule has 0 fully saturated rings. The fourth-order valence-corrected chi connectivity index (χ4v) is 11.8. The summed E-state index contributed by atoms with van der Waals surface area (Å²) in [6.07, 6.45) is -37.4. The minimum Gasteiger partial charge on any atom is -0.307 e. The predicted molar refractivity (Wildman–Crippen MR) is 305 cm³/mol. The first kappa shape index (κ1) is 63.7. The molecule has 0 aliphatic carbocycles. The SMILES string of the molecule is Cc1nc(C)nc(-c2cc(-n3c4cc(-c5ccc(C(F)(F)F)cc5C(F)(F)F)ccc4c4ccc(-c5ccc(C(F)(F)F)cc5C(F)(F)F)cc43)c(-n3c4cc(-c5ccccc5C(F)(F)F)ccc4c4ccc(-c5ccc(C(F)(F)F)cc5C(F)(F)F)cc43)cc2C#N)n1. The highest BCUT2D eigenvalue weighted by atomic mass is 19.4. The predicted octanol–water partition coefficient (Wildman–Crippen LogP) is 22.0. The number of aromatic nitrogens is 5. The van der Waals surface area contributed by atoms with Gasteiger partial charge in [0.05, 0.1) is 84.0 Å². The van der Waals surface area contributed by atoms with E-state index >= 15 is 39.5 Å². The van der Waals surface area contributed by atoms with E-state index in [9.17, 15) is 57.9 Å². The van der Waals surface area contributed by atoms with Crippen LogP contribution in [-0.2, 0) is 43.2 Å². The Bertz CT molecular complexity index is 4990. The fourth-order valence-electron chi connectivity index (χ4n) is 11.8. The second-order valence-electron chi connectivity index (χ2n) is 21.7. The maximum Gasteiger partial charge on any atom is 0.417 e. The largest absolute Gasteiger partial charge is 0.417 e. The van der Waals surface area contributed by atoms with Crippen molar-refractivity contribution in [3.05, 3.63) is 220 Å². The van der Waals surface area contributed by atoms with Crippen LogP contribution in [0.5, 0.6) is 0 Å². The molecule has 9 aromatic carbocycles. The van der Waals surface area contributed by atoms with Crippen LogP contribution in [0.3, 0.4) is 0 Å². The minimum absolute atomic E-state index is 0.00418. The number of alkyl halides is 21. The lowest BCUT2D eigenvalue weighted by Gasteiger charge is -2.21. The molecular formula is C67H33F21N6. The average Bonchev–Trinajstić information content (AvgIpc) is 1.54. The summed E-state index contributed by atoms with van der Waals surface area (Å²) >= 11 is 0. The van der Waals surface area contributed by atoms with Crippen molar-refractivity contribution in [1.29, 1.82) is 5.26 Å². The van der Waals surface area contributed by atoms with Crippen LogP contribution in [0.1, 0.15) is 56.2 Å². The first-order valence-corrected chi connectivity index (χ1v) is 27.3. The molecule has 0 aliphatic heterocycles. The van der Waals surface area contributed by atoms with Gasteiger partial charge in [0.1, 0.15) is 11.6 Å². The first-order valence-electron chi connectivity index (χ1n) is 27.3. The van der Waals surface area contributed by atoms with Gasteiger partial charge in [-0.15, -0.1) is 0 Å². The molecule has 3 aromatic heterocycles. The monoisotopic (exact) mass is 1320 g/mol. The maximum absolute atomic E-state index is 15.1. The van der Waals surface area contributed by atoms with Crippen LogP contribution in [0.25, 0.3) is 111 Å². The van der Waals surface area contributed by atoms with Crippen LogP contribution >= 0.6 is 0 Å². The highest BCUT2D eigenvalue weighted by Crippen LogP contribution is 2.50. The van der Waals surface area contributed by atoms with Gasteiger partial charge >= 0.3 is 43.2 Å². The minimum atomic E-state index is -5.50. The van der Waals surface area contributed by atoms with Gasteiger partial charge in [-0.3, -0.25) is 0 Å². The van der Waals surface area contributed by atoms with Crippen LogP contribution in [-0.4, -0.2) is 24.1 Å². The molecule has 0 saturated heterocycles. The normalized spacial score (nSPS) is 13.0. The van der Waals surface area contributed by atoms with Crippen LogP contribution < -0.4 is 0 Å². The first-order chi connectivity index (χ1) is 43.8. The quantitative estimate of drug-likeness (QED) is 0.149. The molecule has 0 spiro atoms. The van der Waals surface area contributed by atoms with Gasteiger partial charge < -0.3 is 9.13 Å². The average molecular weight is 1320 g/mol. The molecule has 478 valence electrons. The van der Waals surface area contributed by atoms with Crippen molar-refractivity contribution in [2.45, 2.75) is 57.1 Å². The molecule has 3 heterocycles. The molecule has 0 aliphatic rings. The number of aryl methyl sites for hydroxylation is 2. The number of hydrogen-bond donors (Lipinski definition) is 0. The number of halogens is 21. The van der Waals surface area contributed by atoms with Crippen molar-refractivity contribution in [2.24, 2.45) is 0 Å². The van der Waals surface area contributed by atoms with Crippen molar-refractivity contribution in [2.75, 3.05) is 0 Å². The van der Waals surface area contributed by atoms with E-state index in [4.69, 9.17) is 0 Å². The summed E-state index contributed by atoms with van der Waals surface area (Å²) in [4.78, 5) is 13.0. The van der Waals surface area contributed by atoms with Gasteiger partial charge in [0, 0.05) is 27.1 Å². The Morgan fingerprint density at radius 1 is 0.309 bits per heavy atom. The van der Waals surface area contributed by atoms with E-state index < -0.39 is 121 Å².